The van der Waals surface area contributed by atoms with Crippen LogP contribution in [0.3, 0.4) is 0 Å². The first-order valence-corrected chi connectivity index (χ1v) is 9.06. The molecule has 0 radical (unpaired) electrons. The van der Waals surface area contributed by atoms with Crippen LogP contribution in [-0.4, -0.2) is 43.2 Å². The van der Waals surface area contributed by atoms with E-state index in [2.05, 4.69) is 29.7 Å². The topological polar surface area (TPSA) is 50.4 Å². The number of ether oxygens (including phenoxy) is 1. The molecule has 1 aromatic rings. The van der Waals surface area contributed by atoms with E-state index in [4.69, 9.17) is 4.74 Å². The molecule has 0 saturated carbocycles. The van der Waals surface area contributed by atoms with E-state index in [1.807, 2.05) is 23.9 Å². The number of carbonyl (C=O) groups excluding carboxylic acids is 1. The molecule has 1 amide bonds. The molecule has 1 heterocycles. The lowest BCUT2D eigenvalue weighted by Crippen LogP contribution is -2.43. The molecular weight excluding hydrogens is 296 g/mol. The molecular formula is C17H26N2O2S. The van der Waals surface area contributed by atoms with Crippen LogP contribution in [0.15, 0.2) is 24.3 Å². The van der Waals surface area contributed by atoms with Crippen LogP contribution in [0.5, 0.6) is 5.75 Å². The number of aryl methyl sites for hydroxylation is 1. The van der Waals surface area contributed by atoms with E-state index >= 15 is 0 Å². The Balaban J connectivity index is 1.67. The SMILES string of the molecule is COc1ccc(CCC(C)NC(=O)CC2CSCCN2)cc1. The van der Waals surface area contributed by atoms with Crippen molar-refractivity contribution >= 4 is 17.7 Å². The van der Waals surface area contributed by atoms with Gasteiger partial charge < -0.3 is 15.4 Å². The van der Waals surface area contributed by atoms with Gasteiger partial charge in [-0.3, -0.25) is 4.79 Å². The monoisotopic (exact) mass is 322 g/mol. The smallest absolute Gasteiger partial charge is 0.221 e. The standard InChI is InChI=1S/C17H26N2O2S/c1-13(3-4-14-5-7-16(21-2)8-6-14)19-17(20)11-15-12-22-10-9-18-15/h5-8,13,15,18H,3-4,9-12H2,1-2H3,(H,19,20). The third kappa shape index (κ3) is 5.89. The molecule has 22 heavy (non-hydrogen) atoms. The molecule has 122 valence electrons. The van der Waals surface area contributed by atoms with Gasteiger partial charge in [-0.05, 0) is 37.5 Å². The first-order chi connectivity index (χ1) is 10.7. The van der Waals surface area contributed by atoms with Crippen molar-refractivity contribution in [2.45, 2.75) is 38.3 Å². The maximum absolute atomic E-state index is 12.0. The van der Waals surface area contributed by atoms with Gasteiger partial charge in [-0.1, -0.05) is 12.1 Å². The van der Waals surface area contributed by atoms with Crippen LogP contribution >= 0.6 is 11.8 Å². The van der Waals surface area contributed by atoms with Gasteiger partial charge in [-0.2, -0.15) is 11.8 Å². The molecule has 1 aliphatic rings. The van der Waals surface area contributed by atoms with Crippen LogP contribution in [-0.2, 0) is 11.2 Å². The average Bonchev–Trinajstić information content (AvgIpc) is 2.54. The van der Waals surface area contributed by atoms with E-state index < -0.39 is 0 Å². The number of rotatable bonds is 7. The zero-order valence-electron chi connectivity index (χ0n) is 13.4. The van der Waals surface area contributed by atoms with Crippen molar-refractivity contribution in [3.8, 4) is 5.75 Å². The number of amides is 1. The predicted octanol–water partition coefficient (Wildman–Crippen LogP) is 2.23. The Labute approximate surface area is 137 Å². The van der Waals surface area contributed by atoms with E-state index in [1.165, 1.54) is 5.56 Å². The normalized spacial score (nSPS) is 19.5. The highest BCUT2D eigenvalue weighted by molar-refractivity contribution is 7.99. The molecule has 5 heteroatoms. The minimum absolute atomic E-state index is 0.155. The lowest BCUT2D eigenvalue weighted by Gasteiger charge is -2.23. The van der Waals surface area contributed by atoms with E-state index in [1.54, 1.807) is 7.11 Å². The van der Waals surface area contributed by atoms with Gasteiger partial charge in [0.05, 0.1) is 7.11 Å². The summed E-state index contributed by atoms with van der Waals surface area (Å²) in [5, 5.41) is 6.51. The fourth-order valence-corrected chi connectivity index (χ4v) is 3.50. The fourth-order valence-electron chi connectivity index (χ4n) is 2.56. The molecule has 4 nitrogen and oxygen atoms in total. The summed E-state index contributed by atoms with van der Waals surface area (Å²) in [6.07, 6.45) is 2.49. The summed E-state index contributed by atoms with van der Waals surface area (Å²) in [4.78, 5) is 12.0. The van der Waals surface area contributed by atoms with Gasteiger partial charge in [0.2, 0.25) is 5.91 Å². The first kappa shape index (κ1) is 17.2. The highest BCUT2D eigenvalue weighted by Crippen LogP contribution is 2.13. The maximum Gasteiger partial charge on any atom is 0.221 e. The molecule has 2 N–H and O–H groups in total. The second-order valence-electron chi connectivity index (χ2n) is 5.79. The molecule has 1 aliphatic heterocycles. The van der Waals surface area contributed by atoms with Gasteiger partial charge in [-0.25, -0.2) is 0 Å². The molecule has 2 atom stereocenters. The largest absolute Gasteiger partial charge is 0.497 e. The molecule has 2 rings (SSSR count). The van der Waals surface area contributed by atoms with Crippen LogP contribution in [0.4, 0.5) is 0 Å². The molecule has 0 aliphatic carbocycles. The second kappa shape index (κ2) is 9.06. The van der Waals surface area contributed by atoms with Crippen molar-refractivity contribution in [1.82, 2.24) is 10.6 Å². The molecule has 1 aromatic carbocycles. The Hall–Kier alpha value is -1.20. The Morgan fingerprint density at radius 1 is 1.45 bits per heavy atom. The minimum Gasteiger partial charge on any atom is -0.497 e. The summed E-state index contributed by atoms with van der Waals surface area (Å²) >= 11 is 1.92. The number of methoxy groups -OCH3 is 1. The highest BCUT2D eigenvalue weighted by atomic mass is 32.2. The van der Waals surface area contributed by atoms with Crippen LogP contribution in [0.25, 0.3) is 0 Å². The van der Waals surface area contributed by atoms with Crippen molar-refractivity contribution in [1.29, 1.82) is 0 Å². The molecule has 0 bridgehead atoms. The summed E-state index contributed by atoms with van der Waals surface area (Å²) in [7, 11) is 1.67. The van der Waals surface area contributed by atoms with Crippen molar-refractivity contribution in [3.05, 3.63) is 29.8 Å². The van der Waals surface area contributed by atoms with Gasteiger partial charge in [-0.15, -0.1) is 0 Å². The lowest BCUT2D eigenvalue weighted by atomic mass is 10.1. The number of carbonyl (C=O) groups is 1. The summed E-state index contributed by atoms with van der Waals surface area (Å²) in [6.45, 7) is 3.08. The molecule has 1 saturated heterocycles. The Morgan fingerprint density at radius 3 is 2.86 bits per heavy atom. The van der Waals surface area contributed by atoms with E-state index in [0.717, 1.165) is 36.6 Å². The zero-order valence-corrected chi connectivity index (χ0v) is 14.2. The van der Waals surface area contributed by atoms with Gasteiger partial charge in [0, 0.05) is 36.6 Å². The lowest BCUT2D eigenvalue weighted by molar-refractivity contribution is -0.122. The average molecular weight is 322 g/mol. The van der Waals surface area contributed by atoms with Crippen molar-refractivity contribution < 1.29 is 9.53 Å². The first-order valence-electron chi connectivity index (χ1n) is 7.91. The van der Waals surface area contributed by atoms with Crippen LogP contribution in [0.1, 0.15) is 25.3 Å². The Morgan fingerprint density at radius 2 is 2.23 bits per heavy atom. The summed E-state index contributed by atoms with van der Waals surface area (Å²) < 4.78 is 5.15. The fraction of sp³-hybridized carbons (Fsp3) is 0.588. The van der Waals surface area contributed by atoms with Crippen molar-refractivity contribution in [2.75, 3.05) is 25.2 Å². The third-order valence-electron chi connectivity index (χ3n) is 3.86. The van der Waals surface area contributed by atoms with Crippen LogP contribution in [0, 0.1) is 0 Å². The van der Waals surface area contributed by atoms with Gasteiger partial charge in [0.1, 0.15) is 5.75 Å². The Kier molecular flexibility index (Phi) is 7.06. The van der Waals surface area contributed by atoms with Crippen molar-refractivity contribution in [2.24, 2.45) is 0 Å². The maximum atomic E-state index is 12.0. The van der Waals surface area contributed by atoms with E-state index in [-0.39, 0.29) is 11.9 Å². The second-order valence-corrected chi connectivity index (χ2v) is 6.94. The molecule has 1 fully saturated rings. The molecule has 0 spiro atoms. The van der Waals surface area contributed by atoms with E-state index in [9.17, 15) is 4.79 Å². The third-order valence-corrected chi connectivity index (χ3v) is 4.99. The number of nitrogens with one attached hydrogen (secondary N) is 2. The van der Waals surface area contributed by atoms with Gasteiger partial charge >= 0.3 is 0 Å². The predicted molar refractivity (Wildman–Crippen MR) is 92.7 cm³/mol. The van der Waals surface area contributed by atoms with Crippen molar-refractivity contribution in [3.63, 3.8) is 0 Å². The number of benzene rings is 1. The summed E-state index contributed by atoms with van der Waals surface area (Å²) in [6, 6.07) is 8.64. The quantitative estimate of drug-likeness (QED) is 0.808. The summed E-state index contributed by atoms with van der Waals surface area (Å²) in [5.41, 5.74) is 1.27. The highest BCUT2D eigenvalue weighted by Gasteiger charge is 2.17. The number of hydrogen-bond donors (Lipinski definition) is 2. The Bertz CT molecular complexity index is 458. The van der Waals surface area contributed by atoms with Gasteiger partial charge in [0.15, 0.2) is 0 Å². The minimum atomic E-state index is 0.155. The summed E-state index contributed by atoms with van der Waals surface area (Å²) in [5.74, 6) is 3.22. The van der Waals surface area contributed by atoms with Crippen LogP contribution < -0.4 is 15.4 Å². The number of hydrogen-bond acceptors (Lipinski definition) is 4. The molecule has 2 unspecified atom stereocenters. The van der Waals surface area contributed by atoms with Crippen LogP contribution in [0.2, 0.25) is 0 Å². The van der Waals surface area contributed by atoms with Gasteiger partial charge in [0.25, 0.3) is 0 Å². The van der Waals surface area contributed by atoms with E-state index in [0.29, 0.717) is 12.5 Å². The number of thioether (sulfide) groups is 1. The zero-order chi connectivity index (χ0) is 15.8. The molecule has 0 aromatic heterocycles.